The summed E-state index contributed by atoms with van der Waals surface area (Å²) in [6, 6.07) is 1.59. The Bertz CT molecular complexity index is 359. The monoisotopic (exact) mass is 206 g/mol. The van der Waals surface area contributed by atoms with Gasteiger partial charge in [-0.1, -0.05) is 0 Å². The molecule has 0 atom stereocenters. The Morgan fingerprint density at radius 2 is 2.13 bits per heavy atom. The number of rotatable bonds is 2. The first-order valence-corrected chi connectivity index (χ1v) is 5.17. The largest absolute Gasteiger partial charge is 0.459 e. The van der Waals surface area contributed by atoms with Crippen LogP contribution in [0.15, 0.2) is 18.5 Å². The normalized spacial score (nSPS) is 16.5. The number of anilines is 1. The summed E-state index contributed by atoms with van der Waals surface area (Å²) in [5.41, 5.74) is 6.45. The Hall–Kier alpha value is -1.58. The lowest BCUT2D eigenvalue weighted by Gasteiger charge is -2.10. The molecule has 0 saturated heterocycles. The predicted molar refractivity (Wildman–Crippen MR) is 56.3 cm³/mol. The van der Waals surface area contributed by atoms with E-state index in [1.54, 1.807) is 6.07 Å². The zero-order chi connectivity index (χ0) is 10.7. The van der Waals surface area contributed by atoms with Crippen LogP contribution in [0.4, 0.5) is 5.69 Å². The molecule has 1 aromatic heterocycles. The van der Waals surface area contributed by atoms with Crippen LogP contribution in [-0.2, 0) is 4.74 Å². The highest BCUT2D eigenvalue weighted by atomic mass is 16.5. The smallest absolute Gasteiger partial charge is 0.340 e. The Morgan fingerprint density at radius 1 is 1.40 bits per heavy atom. The van der Waals surface area contributed by atoms with Crippen LogP contribution in [0.1, 0.15) is 36.0 Å². The van der Waals surface area contributed by atoms with E-state index in [1.165, 1.54) is 12.4 Å². The number of carbonyl (C=O) groups is 1. The maximum absolute atomic E-state index is 11.6. The van der Waals surface area contributed by atoms with Gasteiger partial charge in [0.1, 0.15) is 6.10 Å². The molecule has 0 amide bonds. The van der Waals surface area contributed by atoms with Gasteiger partial charge in [-0.05, 0) is 31.7 Å². The lowest BCUT2D eigenvalue weighted by molar-refractivity contribution is 0.0317. The number of nitrogens with zero attached hydrogens (tertiary/aromatic N) is 1. The minimum Gasteiger partial charge on any atom is -0.459 e. The summed E-state index contributed by atoms with van der Waals surface area (Å²) in [6.45, 7) is 0. The first kappa shape index (κ1) is 9.96. The van der Waals surface area contributed by atoms with Crippen molar-refractivity contribution in [1.29, 1.82) is 0 Å². The lowest BCUT2D eigenvalue weighted by Crippen LogP contribution is -2.15. The number of ether oxygens (including phenoxy) is 1. The molecule has 1 heterocycles. The number of nitrogen functional groups attached to an aromatic ring is 1. The van der Waals surface area contributed by atoms with Crippen LogP contribution in [0.3, 0.4) is 0 Å². The third kappa shape index (κ3) is 2.46. The number of hydrogen-bond donors (Lipinski definition) is 1. The van der Waals surface area contributed by atoms with Crippen molar-refractivity contribution < 1.29 is 9.53 Å². The lowest BCUT2D eigenvalue weighted by atomic mass is 10.2. The molecule has 0 aliphatic heterocycles. The second kappa shape index (κ2) is 4.29. The molecule has 0 aromatic carbocycles. The fourth-order valence-corrected chi connectivity index (χ4v) is 1.79. The molecule has 4 nitrogen and oxygen atoms in total. The van der Waals surface area contributed by atoms with Gasteiger partial charge in [0.15, 0.2) is 0 Å². The molecule has 2 rings (SSSR count). The molecule has 1 saturated carbocycles. The molecule has 0 bridgehead atoms. The quantitative estimate of drug-likeness (QED) is 0.749. The van der Waals surface area contributed by atoms with Crippen molar-refractivity contribution in [2.75, 3.05) is 5.73 Å². The third-order valence-corrected chi connectivity index (χ3v) is 2.57. The maximum atomic E-state index is 11.6. The van der Waals surface area contributed by atoms with Crippen molar-refractivity contribution in [3.63, 3.8) is 0 Å². The number of pyridine rings is 1. The molecule has 1 aromatic rings. The molecule has 0 radical (unpaired) electrons. The SMILES string of the molecule is Nc1cncc(C(=O)OC2CCCC2)c1. The summed E-state index contributed by atoms with van der Waals surface area (Å²) in [5.74, 6) is -0.318. The second-order valence-electron chi connectivity index (χ2n) is 3.82. The molecular formula is C11H14N2O2. The maximum Gasteiger partial charge on any atom is 0.340 e. The summed E-state index contributed by atoms with van der Waals surface area (Å²) in [7, 11) is 0. The van der Waals surface area contributed by atoms with Gasteiger partial charge < -0.3 is 10.5 Å². The molecule has 15 heavy (non-hydrogen) atoms. The number of aromatic nitrogens is 1. The van der Waals surface area contributed by atoms with Crippen LogP contribution >= 0.6 is 0 Å². The molecule has 0 spiro atoms. The highest BCUT2D eigenvalue weighted by Crippen LogP contribution is 2.22. The minimum atomic E-state index is -0.318. The summed E-state index contributed by atoms with van der Waals surface area (Å²) in [4.78, 5) is 15.5. The molecule has 0 unspecified atom stereocenters. The highest BCUT2D eigenvalue weighted by Gasteiger charge is 2.20. The van der Waals surface area contributed by atoms with Crippen molar-refractivity contribution in [3.8, 4) is 0 Å². The molecule has 4 heteroatoms. The molecule has 2 N–H and O–H groups in total. The number of hydrogen-bond acceptors (Lipinski definition) is 4. The summed E-state index contributed by atoms with van der Waals surface area (Å²) >= 11 is 0. The number of carbonyl (C=O) groups excluding carboxylic acids is 1. The van der Waals surface area contributed by atoms with Crippen LogP contribution in [0.5, 0.6) is 0 Å². The van der Waals surface area contributed by atoms with Gasteiger partial charge in [0.2, 0.25) is 0 Å². The fraction of sp³-hybridized carbons (Fsp3) is 0.455. The van der Waals surface area contributed by atoms with Crippen LogP contribution in [0.2, 0.25) is 0 Å². The van der Waals surface area contributed by atoms with E-state index in [9.17, 15) is 4.79 Å². The first-order valence-electron chi connectivity index (χ1n) is 5.17. The van der Waals surface area contributed by atoms with Gasteiger partial charge in [0.25, 0.3) is 0 Å². The average Bonchev–Trinajstić information content (AvgIpc) is 2.70. The van der Waals surface area contributed by atoms with Crippen molar-refractivity contribution in [1.82, 2.24) is 4.98 Å². The van der Waals surface area contributed by atoms with E-state index in [1.807, 2.05) is 0 Å². The van der Waals surface area contributed by atoms with E-state index in [2.05, 4.69) is 4.98 Å². The van der Waals surface area contributed by atoms with Gasteiger partial charge in [0.05, 0.1) is 11.3 Å². The van der Waals surface area contributed by atoms with E-state index in [-0.39, 0.29) is 12.1 Å². The zero-order valence-electron chi connectivity index (χ0n) is 8.48. The first-order chi connectivity index (χ1) is 7.25. The molecule has 1 fully saturated rings. The second-order valence-corrected chi connectivity index (χ2v) is 3.82. The van der Waals surface area contributed by atoms with E-state index < -0.39 is 0 Å². The zero-order valence-corrected chi connectivity index (χ0v) is 8.48. The summed E-state index contributed by atoms with van der Waals surface area (Å²) in [6.07, 6.45) is 7.31. The van der Waals surface area contributed by atoms with Crippen LogP contribution in [0.25, 0.3) is 0 Å². The predicted octanol–water partition coefficient (Wildman–Crippen LogP) is 1.76. The Morgan fingerprint density at radius 3 is 2.80 bits per heavy atom. The average molecular weight is 206 g/mol. The van der Waals surface area contributed by atoms with Crippen molar-refractivity contribution in [2.24, 2.45) is 0 Å². The van der Waals surface area contributed by atoms with Gasteiger partial charge in [-0.25, -0.2) is 4.79 Å². The van der Waals surface area contributed by atoms with E-state index in [4.69, 9.17) is 10.5 Å². The van der Waals surface area contributed by atoms with Gasteiger partial charge in [-0.3, -0.25) is 4.98 Å². The summed E-state index contributed by atoms with van der Waals surface area (Å²) < 4.78 is 5.32. The van der Waals surface area contributed by atoms with Crippen molar-refractivity contribution >= 4 is 11.7 Å². The van der Waals surface area contributed by atoms with Crippen molar-refractivity contribution in [3.05, 3.63) is 24.0 Å². The minimum absolute atomic E-state index is 0.0823. The van der Waals surface area contributed by atoms with Crippen LogP contribution in [0, 0.1) is 0 Å². The van der Waals surface area contributed by atoms with Gasteiger partial charge in [-0.15, -0.1) is 0 Å². The third-order valence-electron chi connectivity index (χ3n) is 2.57. The van der Waals surface area contributed by atoms with Crippen LogP contribution < -0.4 is 5.73 Å². The van der Waals surface area contributed by atoms with Crippen molar-refractivity contribution in [2.45, 2.75) is 31.8 Å². The Kier molecular flexibility index (Phi) is 2.85. The fourth-order valence-electron chi connectivity index (χ4n) is 1.79. The summed E-state index contributed by atoms with van der Waals surface area (Å²) in [5, 5.41) is 0. The van der Waals surface area contributed by atoms with E-state index in [0.717, 1.165) is 25.7 Å². The van der Waals surface area contributed by atoms with E-state index in [0.29, 0.717) is 11.3 Å². The standard InChI is InChI=1S/C11H14N2O2/c12-9-5-8(6-13-7-9)11(14)15-10-3-1-2-4-10/h5-7,10H,1-4,12H2. The Balaban J connectivity index is 2.01. The number of nitrogens with two attached hydrogens (primary N) is 1. The van der Waals surface area contributed by atoms with Gasteiger partial charge >= 0.3 is 5.97 Å². The van der Waals surface area contributed by atoms with Gasteiger partial charge in [0, 0.05) is 12.4 Å². The van der Waals surface area contributed by atoms with Crippen LogP contribution in [-0.4, -0.2) is 17.1 Å². The topological polar surface area (TPSA) is 65.2 Å². The Labute approximate surface area is 88.4 Å². The molecule has 1 aliphatic rings. The molecular weight excluding hydrogens is 192 g/mol. The van der Waals surface area contributed by atoms with E-state index >= 15 is 0 Å². The number of esters is 1. The highest BCUT2D eigenvalue weighted by molar-refractivity contribution is 5.90. The molecule has 1 aliphatic carbocycles. The molecule has 80 valence electrons. The van der Waals surface area contributed by atoms with Gasteiger partial charge in [-0.2, -0.15) is 0 Å².